The van der Waals surface area contributed by atoms with Crippen LogP contribution in [0.25, 0.3) is 11.1 Å². The number of nitrogens with two attached hydrogens (primary N) is 1. The highest BCUT2D eigenvalue weighted by Crippen LogP contribution is 2.38. The van der Waals surface area contributed by atoms with Gasteiger partial charge in [0.15, 0.2) is 11.5 Å². The van der Waals surface area contributed by atoms with E-state index < -0.39 is 0 Å². The van der Waals surface area contributed by atoms with E-state index in [1.54, 1.807) is 20.3 Å². The third-order valence-corrected chi connectivity index (χ3v) is 3.87. The van der Waals surface area contributed by atoms with E-state index in [0.717, 1.165) is 16.7 Å². The van der Waals surface area contributed by atoms with Crippen LogP contribution in [0.1, 0.15) is 5.56 Å². The average molecular weight is 312 g/mol. The molecule has 2 aromatic carbocycles. The van der Waals surface area contributed by atoms with E-state index in [1.807, 2.05) is 24.3 Å². The van der Waals surface area contributed by atoms with E-state index in [4.69, 9.17) is 38.4 Å². The van der Waals surface area contributed by atoms with E-state index in [0.29, 0.717) is 28.1 Å². The zero-order valence-corrected chi connectivity index (χ0v) is 12.8. The van der Waals surface area contributed by atoms with Crippen molar-refractivity contribution in [1.29, 1.82) is 0 Å². The largest absolute Gasteiger partial charge is 0.493 e. The molecule has 0 amide bonds. The summed E-state index contributed by atoms with van der Waals surface area (Å²) in [4.78, 5) is 0. The molecule has 0 unspecified atom stereocenters. The number of methoxy groups -OCH3 is 2. The predicted molar refractivity (Wildman–Crippen MR) is 82.9 cm³/mol. The third kappa shape index (κ3) is 2.70. The summed E-state index contributed by atoms with van der Waals surface area (Å²) in [7, 11) is 3.19. The van der Waals surface area contributed by atoms with Gasteiger partial charge in [0.05, 0.1) is 19.2 Å². The van der Waals surface area contributed by atoms with Crippen LogP contribution >= 0.6 is 23.2 Å². The molecule has 106 valence electrons. The van der Waals surface area contributed by atoms with E-state index in [1.165, 1.54) is 0 Å². The summed E-state index contributed by atoms with van der Waals surface area (Å²) in [6.45, 7) is 0.290. The summed E-state index contributed by atoms with van der Waals surface area (Å²) < 4.78 is 10.5. The quantitative estimate of drug-likeness (QED) is 0.923. The van der Waals surface area contributed by atoms with Crippen molar-refractivity contribution in [2.24, 2.45) is 5.73 Å². The van der Waals surface area contributed by atoms with Gasteiger partial charge in [-0.15, -0.1) is 0 Å². The second kappa shape index (κ2) is 6.35. The van der Waals surface area contributed by atoms with Crippen LogP contribution in [0.15, 0.2) is 30.3 Å². The summed E-state index contributed by atoms with van der Waals surface area (Å²) in [5.74, 6) is 1.31. The highest BCUT2D eigenvalue weighted by molar-refractivity contribution is 6.37. The number of benzene rings is 2. The van der Waals surface area contributed by atoms with Gasteiger partial charge in [-0.05, 0) is 23.8 Å². The molecule has 0 aromatic heterocycles. The lowest BCUT2D eigenvalue weighted by Gasteiger charge is -2.13. The summed E-state index contributed by atoms with van der Waals surface area (Å²) >= 11 is 12.5. The average Bonchev–Trinajstić information content (AvgIpc) is 2.47. The minimum atomic E-state index is 0.290. The molecule has 0 saturated carbocycles. The molecule has 2 N–H and O–H groups in total. The summed E-state index contributed by atoms with van der Waals surface area (Å²) in [6, 6.07) is 9.28. The molecule has 0 aliphatic heterocycles. The summed E-state index contributed by atoms with van der Waals surface area (Å²) in [6.07, 6.45) is 0. The smallest absolute Gasteiger partial charge is 0.161 e. The number of ether oxygens (including phenoxy) is 2. The van der Waals surface area contributed by atoms with E-state index in [9.17, 15) is 0 Å². The minimum absolute atomic E-state index is 0.290. The summed E-state index contributed by atoms with van der Waals surface area (Å²) in [5, 5.41) is 1.13. The molecule has 2 rings (SSSR count). The molecule has 20 heavy (non-hydrogen) atoms. The second-order valence-electron chi connectivity index (χ2n) is 4.16. The normalized spacial score (nSPS) is 10.4. The van der Waals surface area contributed by atoms with Crippen molar-refractivity contribution in [3.8, 4) is 22.6 Å². The lowest BCUT2D eigenvalue weighted by atomic mass is 10.0. The van der Waals surface area contributed by atoms with E-state index >= 15 is 0 Å². The molecular weight excluding hydrogens is 297 g/mol. The molecule has 0 atom stereocenters. The Balaban J connectivity index is 2.57. The van der Waals surface area contributed by atoms with Gasteiger partial charge in [-0.1, -0.05) is 35.3 Å². The lowest BCUT2D eigenvalue weighted by molar-refractivity contribution is 0.355. The van der Waals surface area contributed by atoms with E-state index in [2.05, 4.69) is 0 Å². The number of halogens is 2. The van der Waals surface area contributed by atoms with Crippen LogP contribution < -0.4 is 15.2 Å². The molecule has 0 fully saturated rings. The van der Waals surface area contributed by atoms with Crippen molar-refractivity contribution in [3.63, 3.8) is 0 Å². The Morgan fingerprint density at radius 2 is 1.70 bits per heavy atom. The summed E-state index contributed by atoms with van der Waals surface area (Å²) in [5.41, 5.74) is 8.20. The first kappa shape index (κ1) is 15.0. The van der Waals surface area contributed by atoms with Crippen molar-refractivity contribution >= 4 is 23.2 Å². The molecule has 0 aliphatic rings. The Hall–Kier alpha value is -1.42. The van der Waals surface area contributed by atoms with Gasteiger partial charge >= 0.3 is 0 Å². The van der Waals surface area contributed by atoms with Crippen LogP contribution in [0.5, 0.6) is 11.5 Å². The van der Waals surface area contributed by atoms with Gasteiger partial charge < -0.3 is 15.2 Å². The van der Waals surface area contributed by atoms with Crippen LogP contribution in [0.3, 0.4) is 0 Å². The van der Waals surface area contributed by atoms with Crippen LogP contribution in [0, 0.1) is 0 Å². The molecule has 0 bridgehead atoms. The Morgan fingerprint density at radius 1 is 1.00 bits per heavy atom. The van der Waals surface area contributed by atoms with Gasteiger partial charge in [0.25, 0.3) is 0 Å². The first-order valence-corrected chi connectivity index (χ1v) is 6.77. The highest BCUT2D eigenvalue weighted by Gasteiger charge is 2.13. The van der Waals surface area contributed by atoms with Crippen LogP contribution in [-0.4, -0.2) is 14.2 Å². The third-order valence-electron chi connectivity index (χ3n) is 3.08. The molecule has 0 radical (unpaired) electrons. The van der Waals surface area contributed by atoms with Crippen molar-refractivity contribution in [1.82, 2.24) is 0 Å². The van der Waals surface area contributed by atoms with Crippen molar-refractivity contribution in [2.45, 2.75) is 6.54 Å². The molecule has 2 aromatic rings. The SMILES string of the molecule is COc1ccc(-c2ccc(Cl)c(CN)c2Cl)cc1OC. The van der Waals surface area contributed by atoms with Crippen LogP contribution in [0.4, 0.5) is 0 Å². The Labute approximate surface area is 128 Å². The predicted octanol–water partition coefficient (Wildman–Crippen LogP) is 4.14. The van der Waals surface area contributed by atoms with Gasteiger partial charge in [0.1, 0.15) is 0 Å². The maximum Gasteiger partial charge on any atom is 0.161 e. The standard InChI is InChI=1S/C15H15Cl2NO2/c1-19-13-6-3-9(7-14(13)20-2)10-4-5-12(16)11(8-18)15(10)17/h3-7H,8,18H2,1-2H3. The first-order valence-electron chi connectivity index (χ1n) is 6.01. The highest BCUT2D eigenvalue weighted by atomic mass is 35.5. The minimum Gasteiger partial charge on any atom is -0.493 e. The van der Waals surface area contributed by atoms with Crippen LogP contribution in [-0.2, 0) is 6.54 Å². The Bertz CT molecular complexity index is 630. The fourth-order valence-corrected chi connectivity index (χ4v) is 2.65. The van der Waals surface area contributed by atoms with Crippen molar-refractivity contribution in [3.05, 3.63) is 45.9 Å². The van der Waals surface area contributed by atoms with Gasteiger partial charge in [-0.3, -0.25) is 0 Å². The Kier molecular flexibility index (Phi) is 4.76. The fourth-order valence-electron chi connectivity index (χ4n) is 2.01. The lowest BCUT2D eigenvalue weighted by Crippen LogP contribution is -1.99. The molecule has 5 heteroatoms. The molecule has 3 nitrogen and oxygen atoms in total. The zero-order chi connectivity index (χ0) is 14.7. The molecule has 0 aliphatic carbocycles. The monoisotopic (exact) mass is 311 g/mol. The topological polar surface area (TPSA) is 44.5 Å². The maximum atomic E-state index is 6.38. The molecule has 0 spiro atoms. The first-order chi connectivity index (χ1) is 9.62. The van der Waals surface area contributed by atoms with Gasteiger partial charge in [0.2, 0.25) is 0 Å². The van der Waals surface area contributed by atoms with Gasteiger partial charge in [-0.25, -0.2) is 0 Å². The molecule has 0 heterocycles. The van der Waals surface area contributed by atoms with E-state index in [-0.39, 0.29) is 0 Å². The van der Waals surface area contributed by atoms with Gasteiger partial charge in [-0.2, -0.15) is 0 Å². The number of rotatable bonds is 4. The molecule has 0 saturated heterocycles. The number of hydrogen-bond acceptors (Lipinski definition) is 3. The zero-order valence-electron chi connectivity index (χ0n) is 11.2. The Morgan fingerprint density at radius 3 is 2.30 bits per heavy atom. The fraction of sp³-hybridized carbons (Fsp3) is 0.200. The van der Waals surface area contributed by atoms with Crippen LogP contribution in [0.2, 0.25) is 10.0 Å². The van der Waals surface area contributed by atoms with Gasteiger partial charge in [0, 0.05) is 22.7 Å². The maximum absolute atomic E-state index is 6.38. The second-order valence-corrected chi connectivity index (χ2v) is 4.95. The number of hydrogen-bond donors (Lipinski definition) is 1. The van der Waals surface area contributed by atoms with Crippen molar-refractivity contribution in [2.75, 3.05) is 14.2 Å². The van der Waals surface area contributed by atoms with Crippen molar-refractivity contribution < 1.29 is 9.47 Å². The molecular formula is C15H15Cl2NO2.